The maximum absolute atomic E-state index is 12.4. The molecule has 0 heterocycles. The van der Waals surface area contributed by atoms with Crippen molar-refractivity contribution in [2.75, 3.05) is 0 Å². The number of amides is 1. The Labute approximate surface area is 240 Å². The predicted octanol–water partition coefficient (Wildman–Crippen LogP) is 7.06. The van der Waals surface area contributed by atoms with Crippen LogP contribution in [0.2, 0.25) is 0 Å². The lowest BCUT2D eigenvalue weighted by atomic mass is 9.46. The number of primary amides is 1. The van der Waals surface area contributed by atoms with E-state index < -0.39 is 11.7 Å². The minimum absolute atomic E-state index is 0.183. The lowest BCUT2D eigenvalue weighted by Crippen LogP contribution is -2.54. The summed E-state index contributed by atoms with van der Waals surface area (Å²) in [6.07, 6.45) is 7.22. The molecule has 1 aromatic carbocycles. The van der Waals surface area contributed by atoms with Crippen molar-refractivity contribution in [1.82, 2.24) is 0 Å². The van der Waals surface area contributed by atoms with Gasteiger partial charge in [-0.05, 0) is 112 Å². The van der Waals surface area contributed by atoms with E-state index in [1.54, 1.807) is 0 Å². The van der Waals surface area contributed by atoms with Crippen LogP contribution in [-0.2, 0) is 10.2 Å². The van der Waals surface area contributed by atoms with Crippen LogP contribution in [0.25, 0.3) is 0 Å². The molecule has 0 saturated heterocycles. The number of ether oxygens (including phenoxy) is 1. The molecule has 4 aliphatic carbocycles. The Hall–Kier alpha value is -2.58. The second-order valence-corrected chi connectivity index (χ2v) is 15.3. The molecule has 0 aliphatic heterocycles. The van der Waals surface area contributed by atoms with E-state index in [0.717, 1.165) is 37.7 Å². The number of carbonyl (C=O) groups is 2. The Balaban J connectivity index is 1.65. The van der Waals surface area contributed by atoms with Gasteiger partial charge >= 0.3 is 6.09 Å². The first-order valence-electron chi connectivity index (χ1n) is 15.1. The molecule has 3 N–H and O–H groups in total. The summed E-state index contributed by atoms with van der Waals surface area (Å²) in [6, 6.07) is 6.21. The van der Waals surface area contributed by atoms with E-state index in [-0.39, 0.29) is 27.9 Å². The van der Waals surface area contributed by atoms with Crippen molar-refractivity contribution in [3.8, 4) is 17.6 Å². The summed E-state index contributed by atoms with van der Waals surface area (Å²) in [6.45, 7) is 14.9. The Bertz CT molecular complexity index is 1300. The van der Waals surface area contributed by atoms with Crippen LogP contribution in [0, 0.1) is 46.3 Å². The van der Waals surface area contributed by atoms with Crippen molar-refractivity contribution in [2.24, 2.45) is 40.2 Å². The zero-order valence-corrected chi connectivity index (χ0v) is 25.4. The Kier molecular flexibility index (Phi) is 7.06. The van der Waals surface area contributed by atoms with Gasteiger partial charge in [0.1, 0.15) is 11.4 Å². The van der Waals surface area contributed by atoms with Gasteiger partial charge in [0.15, 0.2) is 5.78 Å². The first-order chi connectivity index (χ1) is 18.5. The van der Waals surface area contributed by atoms with Gasteiger partial charge in [-0.15, -0.1) is 0 Å². The smallest absolute Gasteiger partial charge is 0.409 e. The van der Waals surface area contributed by atoms with Gasteiger partial charge in [-0.3, -0.25) is 4.79 Å². The molecule has 0 spiro atoms. The fourth-order valence-corrected chi connectivity index (χ4v) is 8.71. The number of allylic oxidation sites excluding steroid dienone is 1. The molecule has 216 valence electrons. The first-order valence-corrected chi connectivity index (χ1v) is 15.1. The zero-order chi connectivity index (χ0) is 29.3. The number of ketones is 1. The molecule has 5 heteroatoms. The third-order valence-corrected chi connectivity index (χ3v) is 10.6. The zero-order valence-electron chi connectivity index (χ0n) is 25.4. The van der Waals surface area contributed by atoms with Crippen molar-refractivity contribution in [1.29, 1.82) is 0 Å². The van der Waals surface area contributed by atoms with E-state index in [1.807, 2.05) is 12.1 Å². The number of benzene rings is 1. The highest BCUT2D eigenvalue weighted by atomic mass is 16.5. The Morgan fingerprint density at radius 3 is 2.45 bits per heavy atom. The summed E-state index contributed by atoms with van der Waals surface area (Å²) in [5, 5.41) is 12.3. The molecule has 0 aromatic heterocycles. The lowest BCUT2D eigenvalue weighted by Gasteiger charge is -2.58. The molecule has 5 nitrogen and oxygen atoms in total. The van der Waals surface area contributed by atoms with Gasteiger partial charge in [0.25, 0.3) is 0 Å². The highest BCUT2D eigenvalue weighted by molar-refractivity contribution is 5.91. The van der Waals surface area contributed by atoms with Gasteiger partial charge in [0, 0.05) is 22.8 Å². The van der Waals surface area contributed by atoms with Gasteiger partial charge in [-0.1, -0.05) is 57.2 Å². The third kappa shape index (κ3) is 5.02. The summed E-state index contributed by atoms with van der Waals surface area (Å²) in [5.41, 5.74) is 7.10. The minimum Gasteiger partial charge on any atom is -0.410 e. The van der Waals surface area contributed by atoms with E-state index in [9.17, 15) is 14.7 Å². The number of aliphatic hydroxyl groups is 1. The summed E-state index contributed by atoms with van der Waals surface area (Å²) in [4.78, 5) is 24.1. The second-order valence-electron chi connectivity index (χ2n) is 15.3. The normalized spacial score (nSPS) is 35.5. The third-order valence-electron chi connectivity index (χ3n) is 10.6. The van der Waals surface area contributed by atoms with Crippen LogP contribution in [0.3, 0.4) is 0 Å². The van der Waals surface area contributed by atoms with Crippen LogP contribution in [0.4, 0.5) is 4.79 Å². The fourth-order valence-electron chi connectivity index (χ4n) is 8.71. The SMILES string of the molecule is CC(C)(C)C#C[C@]1(O)CC[C@H]2[C@@H]3CCC4=CC(=O)CC[C@@H]4[C@H]3[C@@H](c3ccc(OC(N)=O)c(C(C)(C)C)c3)C[C@@]21C. The first kappa shape index (κ1) is 28.9. The Morgan fingerprint density at radius 1 is 1.07 bits per heavy atom. The average molecular weight is 546 g/mol. The van der Waals surface area contributed by atoms with Crippen LogP contribution in [0.5, 0.6) is 5.75 Å². The molecule has 3 fully saturated rings. The maximum atomic E-state index is 12.4. The topological polar surface area (TPSA) is 89.6 Å². The molecule has 0 unspecified atom stereocenters. The molecule has 0 radical (unpaired) electrons. The fraction of sp³-hybridized carbons (Fsp3) is 0.657. The number of hydrogen-bond donors (Lipinski definition) is 2. The maximum Gasteiger partial charge on any atom is 0.409 e. The van der Waals surface area contributed by atoms with Crippen molar-refractivity contribution in [3.63, 3.8) is 0 Å². The van der Waals surface area contributed by atoms with Gasteiger partial charge in [0.2, 0.25) is 0 Å². The van der Waals surface area contributed by atoms with E-state index in [4.69, 9.17) is 10.5 Å². The predicted molar refractivity (Wildman–Crippen MR) is 158 cm³/mol. The van der Waals surface area contributed by atoms with Crippen LogP contribution < -0.4 is 10.5 Å². The molecule has 1 aromatic rings. The molecule has 4 aliphatic rings. The molecular weight excluding hydrogens is 498 g/mol. The number of carbonyl (C=O) groups excluding carboxylic acids is 2. The van der Waals surface area contributed by atoms with Crippen molar-refractivity contribution in [3.05, 3.63) is 41.0 Å². The molecule has 1 amide bonds. The quantitative estimate of drug-likeness (QED) is 0.390. The summed E-state index contributed by atoms with van der Waals surface area (Å²) < 4.78 is 5.44. The number of fused-ring (bicyclic) bond motifs is 5. The minimum atomic E-state index is -1.03. The van der Waals surface area contributed by atoms with Gasteiger partial charge in [-0.2, -0.15) is 0 Å². The number of rotatable bonds is 2. The monoisotopic (exact) mass is 545 g/mol. The summed E-state index contributed by atoms with van der Waals surface area (Å²) >= 11 is 0. The van der Waals surface area contributed by atoms with Crippen molar-refractivity contribution >= 4 is 11.9 Å². The van der Waals surface area contributed by atoms with Crippen LogP contribution in [0.15, 0.2) is 29.8 Å². The molecule has 7 atom stereocenters. The largest absolute Gasteiger partial charge is 0.410 e. The Morgan fingerprint density at radius 2 is 1.80 bits per heavy atom. The molecule has 40 heavy (non-hydrogen) atoms. The summed E-state index contributed by atoms with van der Waals surface area (Å²) in [5.74, 6) is 9.40. The molecular formula is C35H47NO4. The second kappa shape index (κ2) is 9.76. The van der Waals surface area contributed by atoms with E-state index in [0.29, 0.717) is 42.3 Å². The van der Waals surface area contributed by atoms with Gasteiger partial charge in [-0.25, -0.2) is 4.79 Å². The number of nitrogens with two attached hydrogens (primary N) is 1. The highest BCUT2D eigenvalue weighted by Crippen LogP contribution is 2.68. The van der Waals surface area contributed by atoms with E-state index in [2.05, 4.69) is 72.4 Å². The van der Waals surface area contributed by atoms with Crippen LogP contribution >= 0.6 is 0 Å². The average Bonchev–Trinajstić information content (AvgIpc) is 3.11. The standard InChI is InChI=1S/C35H47NO4/c1-32(2,3)16-17-35(39)15-14-27-25-11-8-21-18-23(37)10-12-24(21)30(25)26(20-34(27,35)7)22-9-13-29(40-31(36)38)28(19-22)33(4,5)6/h9,13,18-19,24-27,30,39H,8,10-12,14-15,20H2,1-7H3,(H2,36,38)/t24-,25-,26+,27-,30+,34-,35+/m0/s1. The summed E-state index contributed by atoms with van der Waals surface area (Å²) in [7, 11) is 0. The molecule has 0 bridgehead atoms. The highest BCUT2D eigenvalue weighted by Gasteiger charge is 2.64. The molecule has 5 rings (SSSR count). The lowest BCUT2D eigenvalue weighted by molar-refractivity contribution is -0.117. The van der Waals surface area contributed by atoms with Crippen LogP contribution in [-0.4, -0.2) is 22.6 Å². The van der Waals surface area contributed by atoms with E-state index in [1.165, 1.54) is 11.1 Å². The van der Waals surface area contributed by atoms with Gasteiger partial charge in [0.05, 0.1) is 0 Å². The molecule has 3 saturated carbocycles. The van der Waals surface area contributed by atoms with Crippen LogP contribution in [0.1, 0.15) is 110 Å². The van der Waals surface area contributed by atoms with E-state index >= 15 is 0 Å². The van der Waals surface area contributed by atoms with Crippen molar-refractivity contribution < 1.29 is 19.4 Å². The van der Waals surface area contributed by atoms with Gasteiger partial charge < -0.3 is 15.6 Å². The van der Waals surface area contributed by atoms with Crippen molar-refractivity contribution in [2.45, 2.75) is 110 Å². The number of hydrogen-bond acceptors (Lipinski definition) is 4.